The Hall–Kier alpha value is -2.92. The Labute approximate surface area is 225 Å². The second-order valence-electron chi connectivity index (χ2n) is 9.86. The van der Waals surface area contributed by atoms with Gasteiger partial charge in [0.15, 0.2) is 5.65 Å². The van der Waals surface area contributed by atoms with Crippen LogP contribution in [0.15, 0.2) is 30.3 Å². The smallest absolute Gasteiger partial charge is 0.407 e. The number of amides is 1. The molecule has 3 heterocycles. The maximum absolute atomic E-state index is 11.7. The third kappa shape index (κ3) is 6.04. The van der Waals surface area contributed by atoms with Gasteiger partial charge in [0, 0.05) is 18.5 Å². The summed E-state index contributed by atoms with van der Waals surface area (Å²) in [4.78, 5) is 23.9. The molecule has 2 aliphatic rings. The minimum Gasteiger partial charge on any atom is -0.459 e. The van der Waals surface area contributed by atoms with Crippen molar-refractivity contribution in [1.82, 2.24) is 20.3 Å². The number of nitrogens with one attached hydrogen (secondary N) is 2. The summed E-state index contributed by atoms with van der Waals surface area (Å²) in [6.45, 7) is 2.38. The van der Waals surface area contributed by atoms with Crippen LogP contribution in [-0.2, 0) is 9.47 Å². The topological polar surface area (TPSA) is 139 Å². The standard InChI is InChI=1S/C27H33ClN4O6/c1-2-29-27(35)38-18-9-7-16(8-10-18)15-3-5-17(6-4-15)24-20(28)12-21-25(31-24)32-26(30-21)37-19-11-23(36-14-19)22(34)13-33/h3-6,12,16,18-19,22-23,33-34H,2,7-11,13-14H2,1H3,(H,29,35)(H,30,31,32). The summed E-state index contributed by atoms with van der Waals surface area (Å²) in [5.41, 5.74) is 3.92. The first kappa shape index (κ1) is 26.7. The number of carbonyl (C=O) groups excluding carboxylic acids is 1. The number of ether oxygens (including phenoxy) is 3. The number of fused-ring (bicyclic) bond motifs is 1. The zero-order chi connectivity index (χ0) is 26.6. The van der Waals surface area contributed by atoms with Gasteiger partial charge in [-0.15, -0.1) is 0 Å². The number of rotatable bonds is 8. The predicted octanol–water partition coefficient (Wildman–Crippen LogP) is 3.94. The van der Waals surface area contributed by atoms with Gasteiger partial charge >= 0.3 is 6.09 Å². The van der Waals surface area contributed by atoms with Gasteiger partial charge in [-0.05, 0) is 50.2 Å². The number of aliphatic hydroxyl groups is 2. The summed E-state index contributed by atoms with van der Waals surface area (Å²) in [6, 6.07) is 10.4. The molecule has 0 radical (unpaired) electrons. The molecule has 2 fully saturated rings. The van der Waals surface area contributed by atoms with Gasteiger partial charge in [-0.3, -0.25) is 0 Å². The largest absolute Gasteiger partial charge is 0.459 e. The van der Waals surface area contributed by atoms with Crippen LogP contribution >= 0.6 is 11.6 Å². The molecule has 1 saturated heterocycles. The first-order chi connectivity index (χ1) is 18.4. The van der Waals surface area contributed by atoms with E-state index in [1.165, 1.54) is 5.56 Å². The van der Waals surface area contributed by atoms with E-state index in [-0.39, 0.29) is 24.9 Å². The van der Waals surface area contributed by atoms with Crippen LogP contribution in [0, 0.1) is 0 Å². The summed E-state index contributed by atoms with van der Waals surface area (Å²) < 4.78 is 16.9. The van der Waals surface area contributed by atoms with E-state index in [1.807, 2.05) is 19.1 Å². The highest BCUT2D eigenvalue weighted by atomic mass is 35.5. The second-order valence-corrected chi connectivity index (χ2v) is 10.3. The lowest BCUT2D eigenvalue weighted by Crippen LogP contribution is -2.30. The number of pyridine rings is 1. The van der Waals surface area contributed by atoms with Crippen molar-refractivity contribution in [3.8, 4) is 17.3 Å². The molecule has 1 aliphatic heterocycles. The molecule has 1 amide bonds. The van der Waals surface area contributed by atoms with Gasteiger partial charge in [-0.25, -0.2) is 9.78 Å². The lowest BCUT2D eigenvalue weighted by atomic mass is 9.82. The van der Waals surface area contributed by atoms with Gasteiger partial charge in [0.2, 0.25) is 0 Å². The van der Waals surface area contributed by atoms with Crippen LogP contribution < -0.4 is 10.1 Å². The average Bonchev–Trinajstić information content (AvgIpc) is 3.55. The average molecular weight is 545 g/mol. The molecule has 38 heavy (non-hydrogen) atoms. The van der Waals surface area contributed by atoms with E-state index >= 15 is 0 Å². The molecule has 3 aromatic rings. The molecule has 3 unspecified atom stereocenters. The number of imidazole rings is 1. The number of aliphatic hydroxyl groups excluding tert-OH is 2. The Bertz CT molecular complexity index is 1240. The van der Waals surface area contributed by atoms with Gasteiger partial charge in [0.05, 0.1) is 35.6 Å². The van der Waals surface area contributed by atoms with Crippen LogP contribution in [0.4, 0.5) is 4.79 Å². The summed E-state index contributed by atoms with van der Waals surface area (Å²) in [7, 11) is 0. The molecule has 1 saturated carbocycles. The first-order valence-electron chi connectivity index (χ1n) is 13.1. The van der Waals surface area contributed by atoms with Crippen molar-refractivity contribution in [1.29, 1.82) is 0 Å². The van der Waals surface area contributed by atoms with Crippen molar-refractivity contribution in [2.24, 2.45) is 0 Å². The zero-order valence-electron chi connectivity index (χ0n) is 21.2. The summed E-state index contributed by atoms with van der Waals surface area (Å²) in [5.74, 6) is 0.424. The Morgan fingerprint density at radius 1 is 1.21 bits per heavy atom. The number of alkyl carbamates (subject to hydrolysis) is 1. The van der Waals surface area contributed by atoms with Gasteiger partial charge < -0.3 is 34.7 Å². The maximum Gasteiger partial charge on any atom is 0.407 e. The van der Waals surface area contributed by atoms with Crippen molar-refractivity contribution >= 4 is 28.9 Å². The molecule has 2 aromatic heterocycles. The fraction of sp³-hybridized carbons (Fsp3) is 0.519. The van der Waals surface area contributed by atoms with Crippen molar-refractivity contribution in [2.75, 3.05) is 19.8 Å². The van der Waals surface area contributed by atoms with E-state index in [1.54, 1.807) is 6.07 Å². The predicted molar refractivity (Wildman–Crippen MR) is 141 cm³/mol. The van der Waals surface area contributed by atoms with Crippen LogP contribution in [0.1, 0.15) is 50.5 Å². The number of aromatic amines is 1. The Morgan fingerprint density at radius 3 is 2.68 bits per heavy atom. The number of hydrogen-bond donors (Lipinski definition) is 4. The molecule has 4 N–H and O–H groups in total. The molecular weight excluding hydrogens is 512 g/mol. The number of benzene rings is 1. The van der Waals surface area contributed by atoms with Crippen LogP contribution in [0.2, 0.25) is 5.02 Å². The third-order valence-corrected chi connectivity index (χ3v) is 7.50. The molecule has 3 atom stereocenters. The van der Waals surface area contributed by atoms with Gasteiger partial charge in [-0.1, -0.05) is 35.9 Å². The normalized spacial score (nSPS) is 24.3. The van der Waals surface area contributed by atoms with Crippen LogP contribution in [0.25, 0.3) is 22.4 Å². The molecule has 1 aliphatic carbocycles. The van der Waals surface area contributed by atoms with Crippen molar-refractivity contribution < 1.29 is 29.2 Å². The van der Waals surface area contributed by atoms with E-state index in [9.17, 15) is 9.90 Å². The summed E-state index contributed by atoms with van der Waals surface area (Å²) in [5, 5.41) is 22.1. The Morgan fingerprint density at radius 2 is 1.97 bits per heavy atom. The fourth-order valence-electron chi connectivity index (χ4n) is 5.17. The fourth-order valence-corrected chi connectivity index (χ4v) is 5.43. The molecule has 11 heteroatoms. The lowest BCUT2D eigenvalue weighted by molar-refractivity contribution is -0.0289. The lowest BCUT2D eigenvalue weighted by Gasteiger charge is -2.28. The molecule has 0 bridgehead atoms. The van der Waals surface area contributed by atoms with E-state index in [0.29, 0.717) is 53.4 Å². The SMILES string of the molecule is CCNC(=O)OC1CCC(c2ccc(-c3nc4nc(OC5COC(C(O)CO)C5)[nH]c4cc3Cl)cc2)CC1. The first-order valence-corrected chi connectivity index (χ1v) is 13.5. The maximum atomic E-state index is 11.7. The van der Waals surface area contributed by atoms with Crippen LogP contribution in [-0.4, -0.2) is 75.4 Å². The minimum atomic E-state index is -0.934. The zero-order valence-corrected chi connectivity index (χ0v) is 22.0. The molecule has 204 valence electrons. The minimum absolute atomic E-state index is 0.0238. The van der Waals surface area contributed by atoms with Crippen LogP contribution in [0.5, 0.6) is 6.01 Å². The van der Waals surface area contributed by atoms with E-state index in [0.717, 1.165) is 31.2 Å². The number of hydrogen-bond acceptors (Lipinski definition) is 8. The van der Waals surface area contributed by atoms with Crippen molar-refractivity contribution in [3.63, 3.8) is 0 Å². The Balaban J connectivity index is 1.22. The van der Waals surface area contributed by atoms with Gasteiger partial charge in [0.1, 0.15) is 18.3 Å². The molecule has 1 aromatic carbocycles. The summed E-state index contributed by atoms with van der Waals surface area (Å²) in [6.07, 6.45) is 2.04. The van der Waals surface area contributed by atoms with Crippen LogP contribution in [0.3, 0.4) is 0 Å². The van der Waals surface area contributed by atoms with Gasteiger partial charge in [-0.2, -0.15) is 4.98 Å². The number of nitrogens with zero attached hydrogens (tertiary/aromatic N) is 2. The Kier molecular flexibility index (Phi) is 8.32. The number of halogens is 1. The molecule has 10 nitrogen and oxygen atoms in total. The number of aromatic nitrogens is 3. The highest BCUT2D eigenvalue weighted by molar-refractivity contribution is 6.33. The number of H-pyrrole nitrogens is 1. The van der Waals surface area contributed by atoms with Gasteiger partial charge in [0.25, 0.3) is 6.01 Å². The van der Waals surface area contributed by atoms with Crippen molar-refractivity contribution in [2.45, 2.75) is 69.4 Å². The van der Waals surface area contributed by atoms with E-state index in [4.69, 9.17) is 30.9 Å². The quantitative estimate of drug-likeness (QED) is 0.334. The second kappa shape index (κ2) is 11.9. The monoisotopic (exact) mass is 544 g/mol. The molecular formula is C27H33ClN4O6. The highest BCUT2D eigenvalue weighted by Crippen LogP contribution is 2.36. The van der Waals surface area contributed by atoms with Crippen molar-refractivity contribution in [3.05, 3.63) is 40.9 Å². The summed E-state index contributed by atoms with van der Waals surface area (Å²) >= 11 is 6.59. The third-order valence-electron chi connectivity index (χ3n) is 7.22. The number of carbonyl (C=O) groups is 1. The molecule has 5 rings (SSSR count). The highest BCUT2D eigenvalue weighted by Gasteiger charge is 2.32. The van der Waals surface area contributed by atoms with E-state index < -0.39 is 12.2 Å². The van der Waals surface area contributed by atoms with E-state index in [2.05, 4.69) is 32.4 Å². The molecule has 0 spiro atoms.